The Morgan fingerprint density at radius 3 is 2.43 bits per heavy atom. The summed E-state index contributed by atoms with van der Waals surface area (Å²) in [5.41, 5.74) is 16.2. The Morgan fingerprint density at radius 1 is 0.967 bits per heavy atom. The smallest absolute Gasteiger partial charge is 0.139 e. The Kier molecular flexibility index (Phi) is 5.42. The van der Waals surface area contributed by atoms with Crippen molar-refractivity contribution in [3.05, 3.63) is 71.8 Å². The number of nitrogens with two attached hydrogens (primary N) is 2. The Hall–Kier alpha value is -3.38. The molecule has 0 saturated carbocycles. The van der Waals surface area contributed by atoms with Gasteiger partial charge in [-0.3, -0.25) is 0 Å². The van der Waals surface area contributed by atoms with Gasteiger partial charge < -0.3 is 21.2 Å². The normalized spacial score (nSPS) is 11.2. The molecular formula is C24H23F2N3O. The fraction of sp³-hybridized carbons (Fsp3) is 0.167. The second-order valence-electron chi connectivity index (χ2n) is 7.31. The van der Waals surface area contributed by atoms with E-state index in [1.165, 1.54) is 12.1 Å². The second kappa shape index (κ2) is 8.16. The fourth-order valence-corrected chi connectivity index (χ4v) is 3.61. The van der Waals surface area contributed by atoms with Gasteiger partial charge in [-0.1, -0.05) is 12.1 Å². The number of H-pyrrole nitrogens is 1. The highest BCUT2D eigenvalue weighted by Crippen LogP contribution is 2.34. The van der Waals surface area contributed by atoms with Crippen LogP contribution in [-0.2, 0) is 0 Å². The maximum absolute atomic E-state index is 14.7. The molecule has 0 aliphatic heterocycles. The number of nitrogens with one attached hydrogen (secondary N) is 1. The maximum Gasteiger partial charge on any atom is 0.139 e. The lowest BCUT2D eigenvalue weighted by Crippen LogP contribution is -2.06. The molecule has 5 N–H and O–H groups in total. The summed E-state index contributed by atoms with van der Waals surface area (Å²) >= 11 is 0. The molecule has 4 nitrogen and oxygen atoms in total. The summed E-state index contributed by atoms with van der Waals surface area (Å²) in [6.07, 6.45) is 0.614. The van der Waals surface area contributed by atoms with E-state index in [9.17, 15) is 8.78 Å². The third-order valence-corrected chi connectivity index (χ3v) is 5.08. The highest BCUT2D eigenvalue weighted by atomic mass is 19.1. The highest BCUT2D eigenvalue weighted by Gasteiger charge is 2.16. The first kappa shape index (κ1) is 19.9. The van der Waals surface area contributed by atoms with Crippen molar-refractivity contribution < 1.29 is 13.5 Å². The van der Waals surface area contributed by atoms with Gasteiger partial charge in [0.2, 0.25) is 0 Å². The molecule has 0 aliphatic rings. The Bertz CT molecular complexity index is 1190. The average Bonchev–Trinajstić information content (AvgIpc) is 3.10. The summed E-state index contributed by atoms with van der Waals surface area (Å²) in [4.78, 5) is 3.11. The Morgan fingerprint density at radius 2 is 1.73 bits per heavy atom. The van der Waals surface area contributed by atoms with Crippen LogP contribution < -0.4 is 16.2 Å². The summed E-state index contributed by atoms with van der Waals surface area (Å²) in [7, 11) is 0. The van der Waals surface area contributed by atoms with Crippen LogP contribution in [-0.4, -0.2) is 18.1 Å². The molecule has 1 aromatic heterocycles. The van der Waals surface area contributed by atoms with Gasteiger partial charge in [0.05, 0.1) is 17.9 Å². The van der Waals surface area contributed by atoms with Crippen molar-refractivity contribution in [2.45, 2.75) is 13.3 Å². The largest absolute Gasteiger partial charge is 0.493 e. The van der Waals surface area contributed by atoms with Gasteiger partial charge in [-0.2, -0.15) is 0 Å². The van der Waals surface area contributed by atoms with Crippen LogP contribution in [0.5, 0.6) is 5.75 Å². The van der Waals surface area contributed by atoms with Gasteiger partial charge in [0.15, 0.2) is 0 Å². The highest BCUT2D eigenvalue weighted by molar-refractivity contribution is 5.90. The molecular weight excluding hydrogens is 384 g/mol. The van der Waals surface area contributed by atoms with Crippen LogP contribution in [0.4, 0.5) is 14.5 Å². The minimum atomic E-state index is -0.682. The van der Waals surface area contributed by atoms with Gasteiger partial charge in [0, 0.05) is 28.7 Å². The number of hydrogen-bond donors (Lipinski definition) is 3. The van der Waals surface area contributed by atoms with E-state index in [1.54, 1.807) is 6.07 Å². The van der Waals surface area contributed by atoms with Gasteiger partial charge in [0.1, 0.15) is 17.4 Å². The van der Waals surface area contributed by atoms with Crippen molar-refractivity contribution in [2.24, 2.45) is 5.73 Å². The fourth-order valence-electron chi connectivity index (χ4n) is 3.61. The monoisotopic (exact) mass is 407 g/mol. The minimum Gasteiger partial charge on any atom is -0.493 e. The number of benzene rings is 3. The molecule has 3 aromatic carbocycles. The van der Waals surface area contributed by atoms with Crippen molar-refractivity contribution >= 4 is 16.6 Å². The molecule has 0 radical (unpaired) electrons. The second-order valence-corrected chi connectivity index (χ2v) is 7.31. The first-order chi connectivity index (χ1) is 14.5. The van der Waals surface area contributed by atoms with E-state index in [-0.39, 0.29) is 11.3 Å². The molecule has 0 bridgehead atoms. The van der Waals surface area contributed by atoms with Gasteiger partial charge in [0.25, 0.3) is 0 Å². The molecule has 6 heteroatoms. The lowest BCUT2D eigenvalue weighted by atomic mass is 9.99. The lowest BCUT2D eigenvalue weighted by Gasteiger charge is -2.08. The molecule has 0 spiro atoms. The van der Waals surface area contributed by atoms with Gasteiger partial charge in [-0.25, -0.2) is 8.78 Å². The topological polar surface area (TPSA) is 77.1 Å². The zero-order valence-electron chi connectivity index (χ0n) is 16.6. The number of anilines is 1. The quantitative estimate of drug-likeness (QED) is 0.296. The number of ether oxygens (including phenoxy) is 1. The van der Waals surface area contributed by atoms with Crippen molar-refractivity contribution in [1.82, 2.24) is 4.98 Å². The van der Waals surface area contributed by atoms with E-state index in [2.05, 4.69) is 4.98 Å². The van der Waals surface area contributed by atoms with Gasteiger partial charge in [-0.15, -0.1) is 0 Å². The number of fused-ring (bicyclic) bond motifs is 1. The Labute approximate surface area is 173 Å². The first-order valence-corrected chi connectivity index (χ1v) is 9.78. The maximum atomic E-state index is 14.7. The summed E-state index contributed by atoms with van der Waals surface area (Å²) in [5.74, 6) is -1.21. The number of rotatable bonds is 6. The molecule has 4 aromatic rings. The van der Waals surface area contributed by atoms with Gasteiger partial charge in [-0.05, 0) is 66.9 Å². The van der Waals surface area contributed by atoms with Crippen LogP contribution in [0.3, 0.4) is 0 Å². The molecule has 4 rings (SSSR count). The summed E-state index contributed by atoms with van der Waals surface area (Å²) in [5, 5.41) is 0.862. The van der Waals surface area contributed by atoms with E-state index in [4.69, 9.17) is 16.2 Å². The van der Waals surface area contributed by atoms with Crippen molar-refractivity contribution in [2.75, 3.05) is 18.9 Å². The van der Waals surface area contributed by atoms with E-state index >= 15 is 0 Å². The van der Waals surface area contributed by atoms with Gasteiger partial charge >= 0.3 is 0 Å². The van der Waals surface area contributed by atoms with E-state index in [0.29, 0.717) is 31.0 Å². The van der Waals surface area contributed by atoms with E-state index in [0.717, 1.165) is 27.6 Å². The minimum absolute atomic E-state index is 0.109. The number of halogens is 2. The summed E-state index contributed by atoms with van der Waals surface area (Å²) in [6.45, 7) is 2.77. The van der Waals surface area contributed by atoms with Crippen molar-refractivity contribution in [3.8, 4) is 28.1 Å². The first-order valence-electron chi connectivity index (χ1n) is 9.78. The zero-order valence-corrected chi connectivity index (χ0v) is 16.6. The van der Waals surface area contributed by atoms with Crippen LogP contribution in [0.1, 0.15) is 12.0 Å². The molecule has 30 heavy (non-hydrogen) atoms. The van der Waals surface area contributed by atoms with Crippen LogP contribution in [0.25, 0.3) is 33.3 Å². The number of nitrogen functional groups attached to an aromatic ring is 1. The molecule has 0 aliphatic carbocycles. The van der Waals surface area contributed by atoms with Crippen molar-refractivity contribution in [3.63, 3.8) is 0 Å². The summed E-state index contributed by atoms with van der Waals surface area (Å²) in [6, 6.07) is 15.8. The number of hydrogen-bond acceptors (Lipinski definition) is 3. The SMILES string of the molecule is Cc1cc(N)ccc1-c1ccc2[nH]c(-c3c(F)cc(OCCCN)cc3F)cc2c1. The Balaban J connectivity index is 1.70. The zero-order chi connectivity index (χ0) is 21.3. The molecule has 0 amide bonds. The van der Waals surface area contributed by atoms with E-state index in [1.807, 2.05) is 43.3 Å². The molecule has 0 fully saturated rings. The third-order valence-electron chi connectivity index (χ3n) is 5.08. The molecule has 154 valence electrons. The lowest BCUT2D eigenvalue weighted by molar-refractivity contribution is 0.310. The summed E-state index contributed by atoms with van der Waals surface area (Å²) < 4.78 is 34.7. The standard InChI is InChI=1S/C24H23F2N3O/c1-14-9-17(28)4-5-19(14)15-3-6-22-16(10-15)11-23(29-22)24-20(25)12-18(13-21(24)26)30-8-2-7-27/h3-6,9-13,29H,2,7-8,27-28H2,1H3. The van der Waals surface area contributed by atoms with Crippen LogP contribution in [0.2, 0.25) is 0 Å². The predicted molar refractivity (Wildman–Crippen MR) is 117 cm³/mol. The molecule has 0 atom stereocenters. The number of aryl methyl sites for hydroxylation is 1. The van der Waals surface area contributed by atoms with E-state index < -0.39 is 11.6 Å². The molecule has 0 saturated heterocycles. The predicted octanol–water partition coefficient (Wildman–Crippen LogP) is 5.40. The average molecular weight is 407 g/mol. The molecule has 1 heterocycles. The number of aromatic amines is 1. The molecule has 0 unspecified atom stereocenters. The number of aromatic nitrogens is 1. The van der Waals surface area contributed by atoms with Crippen LogP contribution in [0, 0.1) is 18.6 Å². The van der Waals surface area contributed by atoms with Crippen LogP contribution in [0.15, 0.2) is 54.6 Å². The van der Waals surface area contributed by atoms with Crippen LogP contribution >= 0.6 is 0 Å². The van der Waals surface area contributed by atoms with Crippen molar-refractivity contribution in [1.29, 1.82) is 0 Å². The third kappa shape index (κ3) is 3.86.